The molecule has 6 nitrogen and oxygen atoms in total. The van der Waals surface area contributed by atoms with Crippen molar-refractivity contribution in [2.75, 3.05) is 0 Å². The first-order valence-corrected chi connectivity index (χ1v) is 3.96. The smallest absolute Gasteiger partial charge is 0.377 e. The molecule has 0 radical (unpaired) electrons. The molecule has 0 saturated heterocycles. The fourth-order valence-electron chi connectivity index (χ4n) is 0.984. The second-order valence-electron chi connectivity index (χ2n) is 2.68. The van der Waals surface area contributed by atoms with Crippen LogP contribution in [0.5, 0.6) is 0 Å². The van der Waals surface area contributed by atoms with Crippen LogP contribution in [0, 0.1) is 5.82 Å². The Morgan fingerprint density at radius 1 is 1.33 bits per heavy atom. The highest BCUT2D eigenvalue weighted by Gasteiger charge is 2.11. The largest absolute Gasteiger partial charge is 0.475 e. The van der Waals surface area contributed by atoms with Gasteiger partial charge in [-0.05, 0) is 29.5 Å². The van der Waals surface area contributed by atoms with Crippen molar-refractivity contribution in [2.45, 2.75) is 0 Å². The van der Waals surface area contributed by atoms with E-state index in [1.54, 1.807) is 0 Å². The number of carboxylic acids is 1. The number of aromatic carboxylic acids is 1. The van der Waals surface area contributed by atoms with Gasteiger partial charge in [-0.1, -0.05) is 0 Å². The Balaban J connectivity index is 2.37. The van der Waals surface area contributed by atoms with E-state index in [1.807, 2.05) is 0 Å². The molecule has 15 heavy (non-hydrogen) atoms. The zero-order valence-corrected chi connectivity index (χ0v) is 7.33. The maximum absolute atomic E-state index is 12.6. The lowest BCUT2D eigenvalue weighted by Crippen LogP contribution is -2.02. The van der Waals surface area contributed by atoms with Gasteiger partial charge < -0.3 is 5.11 Å². The molecular weight excluding hydrogens is 203 g/mol. The summed E-state index contributed by atoms with van der Waals surface area (Å²) < 4.78 is 12.6. The molecule has 0 saturated carbocycles. The van der Waals surface area contributed by atoms with E-state index in [9.17, 15) is 9.18 Å². The summed E-state index contributed by atoms with van der Waals surface area (Å²) in [4.78, 5) is 11.5. The van der Waals surface area contributed by atoms with Crippen molar-refractivity contribution in [1.82, 2.24) is 20.2 Å². The van der Waals surface area contributed by atoms with Crippen LogP contribution >= 0.6 is 0 Å². The van der Waals surface area contributed by atoms with Gasteiger partial charge in [-0.15, -0.1) is 15.0 Å². The molecule has 0 aliphatic heterocycles. The Kier molecular flexibility index (Phi) is 2.13. The van der Waals surface area contributed by atoms with Gasteiger partial charge >= 0.3 is 5.97 Å². The van der Waals surface area contributed by atoms with Crippen LogP contribution in [0.15, 0.2) is 24.3 Å². The molecule has 1 heterocycles. The molecule has 0 unspecified atom stereocenters. The Morgan fingerprint density at radius 2 is 2.00 bits per heavy atom. The molecule has 0 spiro atoms. The lowest BCUT2D eigenvalue weighted by molar-refractivity contribution is 0.0683. The highest BCUT2D eigenvalue weighted by molar-refractivity contribution is 5.82. The highest BCUT2D eigenvalue weighted by atomic mass is 19.1. The van der Waals surface area contributed by atoms with Gasteiger partial charge in [-0.3, -0.25) is 0 Å². The molecule has 1 aromatic heterocycles. The maximum atomic E-state index is 12.6. The molecule has 0 aliphatic rings. The van der Waals surface area contributed by atoms with Gasteiger partial charge in [-0.25, -0.2) is 9.18 Å². The molecule has 0 fully saturated rings. The maximum Gasteiger partial charge on any atom is 0.377 e. The van der Waals surface area contributed by atoms with Gasteiger partial charge in [0.25, 0.3) is 5.82 Å². The van der Waals surface area contributed by atoms with Crippen molar-refractivity contribution < 1.29 is 14.3 Å². The fourth-order valence-corrected chi connectivity index (χ4v) is 0.984. The van der Waals surface area contributed by atoms with Gasteiger partial charge in [0.15, 0.2) is 0 Å². The van der Waals surface area contributed by atoms with Crippen LogP contribution in [0.2, 0.25) is 0 Å². The van der Waals surface area contributed by atoms with Crippen LogP contribution in [0.25, 0.3) is 5.69 Å². The van der Waals surface area contributed by atoms with Crippen LogP contribution in [0.4, 0.5) is 4.39 Å². The number of rotatable bonds is 2. The Labute approximate surface area is 83.0 Å². The summed E-state index contributed by atoms with van der Waals surface area (Å²) in [6, 6.07) is 5.28. The molecule has 0 aliphatic carbocycles. The van der Waals surface area contributed by atoms with Gasteiger partial charge in [0.2, 0.25) is 0 Å². The van der Waals surface area contributed by atoms with Crippen molar-refractivity contribution in [3.63, 3.8) is 0 Å². The summed E-state index contributed by atoms with van der Waals surface area (Å²) in [5.41, 5.74) is 0.441. The molecule has 76 valence electrons. The average molecular weight is 208 g/mol. The third-order valence-electron chi connectivity index (χ3n) is 1.66. The molecule has 1 aromatic carbocycles. The zero-order chi connectivity index (χ0) is 10.8. The highest BCUT2D eigenvalue weighted by Crippen LogP contribution is 2.05. The molecule has 0 bridgehead atoms. The van der Waals surface area contributed by atoms with Crippen molar-refractivity contribution in [3.05, 3.63) is 35.9 Å². The van der Waals surface area contributed by atoms with Crippen LogP contribution < -0.4 is 0 Å². The predicted octanol–water partition coefficient (Wildman–Crippen LogP) is 0.500. The molecule has 2 rings (SSSR count). The minimum absolute atomic E-state index is 0.391. The second kappa shape index (κ2) is 3.45. The summed E-state index contributed by atoms with van der Waals surface area (Å²) in [6.45, 7) is 0. The first kappa shape index (κ1) is 9.25. The summed E-state index contributed by atoms with van der Waals surface area (Å²) >= 11 is 0. The second-order valence-corrected chi connectivity index (χ2v) is 2.68. The predicted molar refractivity (Wildman–Crippen MR) is 46.1 cm³/mol. The van der Waals surface area contributed by atoms with Gasteiger partial charge in [0, 0.05) is 0 Å². The SMILES string of the molecule is O=C(O)c1nnn(-c2ccc(F)cc2)n1. The molecule has 7 heteroatoms. The molecule has 2 aromatic rings. The van der Waals surface area contributed by atoms with Crippen LogP contribution in [-0.2, 0) is 0 Å². The van der Waals surface area contributed by atoms with E-state index in [2.05, 4.69) is 15.4 Å². The number of benzene rings is 1. The topological polar surface area (TPSA) is 80.9 Å². The number of carboxylic acid groups (broad SMARTS) is 1. The van der Waals surface area contributed by atoms with Crippen molar-refractivity contribution in [1.29, 1.82) is 0 Å². The van der Waals surface area contributed by atoms with E-state index in [-0.39, 0.29) is 0 Å². The summed E-state index contributed by atoms with van der Waals surface area (Å²) in [5.74, 6) is -2.06. The minimum Gasteiger partial charge on any atom is -0.475 e. The van der Waals surface area contributed by atoms with Gasteiger partial charge in [-0.2, -0.15) is 0 Å². The third-order valence-corrected chi connectivity index (χ3v) is 1.66. The van der Waals surface area contributed by atoms with E-state index in [1.165, 1.54) is 24.3 Å². The van der Waals surface area contributed by atoms with E-state index in [0.29, 0.717) is 5.69 Å². The molecule has 0 amide bonds. The third kappa shape index (κ3) is 1.80. The molecule has 0 atom stereocenters. The number of hydrogen-bond donors (Lipinski definition) is 1. The zero-order valence-electron chi connectivity index (χ0n) is 7.33. The van der Waals surface area contributed by atoms with Crippen molar-refractivity contribution in [2.24, 2.45) is 0 Å². The Bertz CT molecular complexity index is 494. The number of nitrogens with zero attached hydrogens (tertiary/aromatic N) is 4. The lowest BCUT2D eigenvalue weighted by Gasteiger charge is -1.95. The monoisotopic (exact) mass is 208 g/mol. The molecule has 1 N–H and O–H groups in total. The minimum atomic E-state index is -1.26. The fraction of sp³-hybridized carbons (Fsp3) is 0. The normalized spacial score (nSPS) is 10.2. The van der Waals surface area contributed by atoms with Crippen LogP contribution in [-0.4, -0.2) is 31.3 Å². The lowest BCUT2D eigenvalue weighted by atomic mass is 10.3. The summed E-state index contributed by atoms with van der Waals surface area (Å²) in [7, 11) is 0. The summed E-state index contributed by atoms with van der Waals surface area (Å²) in [5, 5.41) is 18.9. The van der Waals surface area contributed by atoms with Crippen molar-refractivity contribution in [3.8, 4) is 5.69 Å². The van der Waals surface area contributed by atoms with Crippen LogP contribution in [0.3, 0.4) is 0 Å². The first-order valence-electron chi connectivity index (χ1n) is 3.96. The van der Waals surface area contributed by atoms with E-state index < -0.39 is 17.6 Å². The number of aromatic nitrogens is 4. The van der Waals surface area contributed by atoms with E-state index in [0.717, 1.165) is 4.80 Å². The van der Waals surface area contributed by atoms with Gasteiger partial charge in [0.05, 0.1) is 5.69 Å². The van der Waals surface area contributed by atoms with E-state index in [4.69, 9.17) is 5.11 Å². The Hall–Kier alpha value is -2.31. The Morgan fingerprint density at radius 3 is 2.53 bits per heavy atom. The number of halogens is 1. The van der Waals surface area contributed by atoms with E-state index >= 15 is 0 Å². The summed E-state index contributed by atoms with van der Waals surface area (Å²) in [6.07, 6.45) is 0. The van der Waals surface area contributed by atoms with Crippen LogP contribution in [0.1, 0.15) is 10.6 Å². The van der Waals surface area contributed by atoms with Crippen molar-refractivity contribution >= 4 is 5.97 Å². The molecular formula is C8H5FN4O2. The average Bonchev–Trinajstić information content (AvgIpc) is 2.68. The quantitative estimate of drug-likeness (QED) is 0.777. The number of carbonyl (C=O) groups is 1. The standard InChI is InChI=1S/C8H5FN4O2/c9-5-1-3-6(4-2-5)13-11-7(8(14)15)10-12-13/h1-4H,(H,14,15). The first-order chi connectivity index (χ1) is 7.16. The number of hydrogen-bond acceptors (Lipinski definition) is 4. The van der Waals surface area contributed by atoms with Gasteiger partial charge in [0.1, 0.15) is 5.82 Å². The number of tetrazole rings is 1.